The van der Waals surface area contributed by atoms with Crippen molar-refractivity contribution in [2.45, 2.75) is 40.2 Å². The maximum Gasteiger partial charge on any atom is 0.271 e. The summed E-state index contributed by atoms with van der Waals surface area (Å²) in [6.45, 7) is 6.08. The van der Waals surface area contributed by atoms with Crippen LogP contribution < -0.4 is 9.47 Å². The minimum atomic E-state index is -0.553. The van der Waals surface area contributed by atoms with Crippen LogP contribution in [0.3, 0.4) is 0 Å². The number of imide groups is 1. The van der Waals surface area contributed by atoms with E-state index in [2.05, 4.69) is 0 Å². The standard InChI is InChI=1S/C27H27FN2O4/c1-4-6-13-30-26(31)21(18(3)22(16-29)27(30)32)14-19-11-12-24(25(15-19)33-5-2)34-17-20-9-7-8-10-23(20)28/h7-12,14-15H,4-6,13,17H2,1-3H3/b21-14+. The highest BCUT2D eigenvalue weighted by molar-refractivity contribution is 6.19. The molecular formula is C27H27FN2O4. The van der Waals surface area contributed by atoms with Crippen LogP contribution in [0.15, 0.2) is 59.2 Å². The summed E-state index contributed by atoms with van der Waals surface area (Å²) in [5.74, 6) is -0.449. The number of nitrogens with zero attached hydrogens (tertiary/aromatic N) is 2. The van der Waals surface area contributed by atoms with Gasteiger partial charge in [-0.15, -0.1) is 0 Å². The van der Waals surface area contributed by atoms with Gasteiger partial charge in [0, 0.05) is 17.7 Å². The predicted octanol–water partition coefficient (Wildman–Crippen LogP) is 5.20. The first kappa shape index (κ1) is 24.7. The molecule has 1 heterocycles. The van der Waals surface area contributed by atoms with Crippen molar-refractivity contribution in [3.8, 4) is 17.6 Å². The minimum Gasteiger partial charge on any atom is -0.490 e. The summed E-state index contributed by atoms with van der Waals surface area (Å²) in [6.07, 6.45) is 3.11. The molecule has 0 spiro atoms. The smallest absolute Gasteiger partial charge is 0.271 e. The molecule has 6 nitrogen and oxygen atoms in total. The topological polar surface area (TPSA) is 79.6 Å². The maximum absolute atomic E-state index is 13.9. The fourth-order valence-electron chi connectivity index (χ4n) is 3.59. The van der Waals surface area contributed by atoms with Crippen molar-refractivity contribution in [3.63, 3.8) is 0 Å². The molecule has 0 saturated carbocycles. The van der Waals surface area contributed by atoms with Crippen LogP contribution in [0.2, 0.25) is 0 Å². The van der Waals surface area contributed by atoms with Gasteiger partial charge in [-0.3, -0.25) is 14.5 Å². The molecule has 0 fully saturated rings. The summed E-state index contributed by atoms with van der Waals surface area (Å²) < 4.78 is 25.4. The molecule has 3 rings (SSSR count). The molecule has 0 atom stereocenters. The fourth-order valence-corrected chi connectivity index (χ4v) is 3.59. The van der Waals surface area contributed by atoms with Crippen molar-refractivity contribution in [2.75, 3.05) is 13.2 Å². The third kappa shape index (κ3) is 5.34. The quantitative estimate of drug-likeness (QED) is 0.378. The van der Waals surface area contributed by atoms with Crippen molar-refractivity contribution in [1.82, 2.24) is 4.90 Å². The molecule has 2 aromatic carbocycles. The van der Waals surface area contributed by atoms with Crippen LogP contribution in [-0.4, -0.2) is 29.9 Å². The summed E-state index contributed by atoms with van der Waals surface area (Å²) in [5.41, 5.74) is 1.67. The van der Waals surface area contributed by atoms with Crippen molar-refractivity contribution >= 4 is 17.9 Å². The molecular weight excluding hydrogens is 435 g/mol. The van der Waals surface area contributed by atoms with Gasteiger partial charge in [0.05, 0.1) is 6.61 Å². The van der Waals surface area contributed by atoms with Crippen LogP contribution in [-0.2, 0) is 16.2 Å². The Morgan fingerprint density at radius 3 is 2.50 bits per heavy atom. The van der Waals surface area contributed by atoms with Crippen LogP contribution in [0.1, 0.15) is 44.7 Å². The molecule has 2 amide bonds. The molecule has 1 aliphatic rings. The van der Waals surface area contributed by atoms with Crippen LogP contribution >= 0.6 is 0 Å². The van der Waals surface area contributed by atoms with E-state index in [0.717, 1.165) is 11.3 Å². The first-order valence-corrected chi connectivity index (χ1v) is 11.2. The molecule has 0 bridgehead atoms. The van der Waals surface area contributed by atoms with E-state index in [1.165, 1.54) is 6.07 Å². The third-order valence-electron chi connectivity index (χ3n) is 5.48. The molecule has 176 valence electrons. The van der Waals surface area contributed by atoms with E-state index in [9.17, 15) is 19.2 Å². The molecule has 0 N–H and O–H groups in total. The zero-order valence-corrected chi connectivity index (χ0v) is 19.6. The normalized spacial score (nSPS) is 15.0. The van der Waals surface area contributed by atoms with E-state index in [1.807, 2.05) is 19.9 Å². The van der Waals surface area contributed by atoms with E-state index in [-0.39, 0.29) is 30.1 Å². The summed E-state index contributed by atoms with van der Waals surface area (Å²) in [7, 11) is 0. The number of amides is 2. The van der Waals surface area contributed by atoms with Gasteiger partial charge in [0.15, 0.2) is 11.5 Å². The Hall–Kier alpha value is -3.92. The minimum absolute atomic E-state index is 0.0307. The SMILES string of the molecule is CCCCN1C(=O)C(C#N)=C(C)/C(=C\c2ccc(OCc3ccccc3F)c(OCC)c2)C1=O. The molecule has 0 aromatic heterocycles. The average molecular weight is 463 g/mol. The van der Waals surface area contributed by atoms with Gasteiger partial charge in [-0.2, -0.15) is 5.26 Å². The zero-order chi connectivity index (χ0) is 24.7. The Labute approximate surface area is 198 Å². The Bertz CT molecular complexity index is 1190. The third-order valence-corrected chi connectivity index (χ3v) is 5.48. The zero-order valence-electron chi connectivity index (χ0n) is 19.6. The lowest BCUT2D eigenvalue weighted by Crippen LogP contribution is -2.43. The van der Waals surface area contributed by atoms with Gasteiger partial charge in [0.1, 0.15) is 24.1 Å². The highest BCUT2D eigenvalue weighted by atomic mass is 19.1. The van der Waals surface area contributed by atoms with Crippen molar-refractivity contribution in [1.29, 1.82) is 5.26 Å². The lowest BCUT2D eigenvalue weighted by Gasteiger charge is -2.27. The van der Waals surface area contributed by atoms with Gasteiger partial charge in [0.25, 0.3) is 11.8 Å². The number of carbonyl (C=O) groups is 2. The van der Waals surface area contributed by atoms with E-state index >= 15 is 0 Å². The monoisotopic (exact) mass is 462 g/mol. The fraction of sp³-hybridized carbons (Fsp3) is 0.296. The Morgan fingerprint density at radius 2 is 1.82 bits per heavy atom. The Morgan fingerprint density at radius 1 is 1.06 bits per heavy atom. The van der Waals surface area contributed by atoms with Gasteiger partial charge < -0.3 is 9.47 Å². The molecule has 0 radical (unpaired) electrons. The van der Waals surface area contributed by atoms with Crippen molar-refractivity contribution in [2.24, 2.45) is 0 Å². The highest BCUT2D eigenvalue weighted by Crippen LogP contribution is 2.32. The van der Waals surface area contributed by atoms with Gasteiger partial charge >= 0.3 is 0 Å². The summed E-state index contributed by atoms with van der Waals surface area (Å²) in [6, 6.07) is 13.5. The largest absolute Gasteiger partial charge is 0.490 e. The number of nitriles is 1. The van der Waals surface area contributed by atoms with E-state index in [4.69, 9.17) is 9.47 Å². The van der Waals surface area contributed by atoms with Crippen LogP contribution in [0, 0.1) is 17.1 Å². The van der Waals surface area contributed by atoms with E-state index < -0.39 is 11.8 Å². The van der Waals surface area contributed by atoms with Crippen molar-refractivity contribution in [3.05, 3.63) is 76.1 Å². The number of ether oxygens (including phenoxy) is 2. The summed E-state index contributed by atoms with van der Waals surface area (Å²) in [5, 5.41) is 9.51. The van der Waals surface area contributed by atoms with Crippen LogP contribution in [0.4, 0.5) is 4.39 Å². The second kappa shape index (κ2) is 11.3. The number of unbranched alkanes of at least 4 members (excludes halogenated alkanes) is 1. The lowest BCUT2D eigenvalue weighted by atomic mass is 9.93. The summed E-state index contributed by atoms with van der Waals surface area (Å²) >= 11 is 0. The number of carbonyl (C=O) groups excluding carboxylic acids is 2. The molecule has 34 heavy (non-hydrogen) atoms. The van der Waals surface area contributed by atoms with E-state index in [1.54, 1.807) is 49.4 Å². The number of benzene rings is 2. The number of hydrogen-bond donors (Lipinski definition) is 0. The average Bonchev–Trinajstić information content (AvgIpc) is 2.83. The predicted molar refractivity (Wildman–Crippen MR) is 126 cm³/mol. The first-order valence-electron chi connectivity index (χ1n) is 11.2. The highest BCUT2D eigenvalue weighted by Gasteiger charge is 2.34. The molecule has 0 aliphatic carbocycles. The van der Waals surface area contributed by atoms with Gasteiger partial charge in [0.2, 0.25) is 0 Å². The maximum atomic E-state index is 13.9. The number of hydrogen-bond acceptors (Lipinski definition) is 5. The lowest BCUT2D eigenvalue weighted by molar-refractivity contribution is -0.140. The molecule has 1 aliphatic heterocycles. The number of halogens is 1. The second-order valence-electron chi connectivity index (χ2n) is 7.80. The van der Waals surface area contributed by atoms with E-state index in [0.29, 0.717) is 41.2 Å². The Kier molecular flexibility index (Phi) is 8.20. The molecule has 0 saturated heterocycles. The second-order valence-corrected chi connectivity index (χ2v) is 7.80. The van der Waals surface area contributed by atoms with Gasteiger partial charge in [-0.05, 0) is 55.7 Å². The number of rotatable bonds is 9. The first-order chi connectivity index (χ1) is 16.4. The van der Waals surface area contributed by atoms with Gasteiger partial charge in [-0.1, -0.05) is 37.6 Å². The molecule has 2 aromatic rings. The Balaban J connectivity index is 1.94. The van der Waals surface area contributed by atoms with Gasteiger partial charge in [-0.25, -0.2) is 4.39 Å². The summed E-state index contributed by atoms with van der Waals surface area (Å²) in [4.78, 5) is 26.8. The molecule has 7 heteroatoms. The van der Waals surface area contributed by atoms with Crippen molar-refractivity contribution < 1.29 is 23.5 Å². The molecule has 0 unspecified atom stereocenters. The van der Waals surface area contributed by atoms with Crippen LogP contribution in [0.25, 0.3) is 6.08 Å². The van der Waals surface area contributed by atoms with Crippen LogP contribution in [0.5, 0.6) is 11.5 Å².